The molecule has 72 valence electrons. The van der Waals surface area contributed by atoms with E-state index in [0.717, 1.165) is 0 Å². The zero-order chi connectivity index (χ0) is 10.7. The average Bonchev–Trinajstić information content (AvgIpc) is 1.54. The van der Waals surface area contributed by atoms with Crippen LogP contribution in [0.1, 0.15) is 0 Å². The third-order valence-corrected chi connectivity index (χ3v) is 0. The van der Waals surface area contributed by atoms with Crippen LogP contribution in [0.15, 0.2) is 0 Å². The standard InChI is InChI=1S/2Ga.9O.3Sn/q2*+3;;;;6*-1;;;. The van der Waals surface area contributed by atoms with Crippen LogP contribution in [-0.2, 0) is 9.23 Å². The van der Waals surface area contributed by atoms with E-state index < -0.39 is 61.7 Å². The molecule has 0 heterocycles. The van der Waals surface area contributed by atoms with Gasteiger partial charge in [-0.15, -0.1) is 0 Å². The van der Waals surface area contributed by atoms with E-state index in [1.54, 1.807) is 0 Å². The Labute approximate surface area is 129 Å². The van der Waals surface area contributed by atoms with Gasteiger partial charge >= 0.3 is 131 Å². The van der Waals surface area contributed by atoms with Crippen molar-refractivity contribution in [2.45, 2.75) is 0 Å². The molecular formula is Ga2O9Sn3. The number of hydrogen-bond acceptors (Lipinski definition) is 9. The van der Waals surface area contributed by atoms with Crippen LogP contribution in [0.3, 0.4) is 0 Å². The van der Waals surface area contributed by atoms with Crippen LogP contribution < -0.4 is 20.7 Å². The molecule has 0 atom stereocenters. The molecule has 0 fully saturated rings. The van der Waals surface area contributed by atoms with Gasteiger partial charge in [0.1, 0.15) is 0 Å². The van der Waals surface area contributed by atoms with E-state index in [2.05, 4.69) is 0 Å². The molecule has 0 aromatic rings. The van der Waals surface area contributed by atoms with Gasteiger partial charge in [0, 0.05) is 0 Å². The Balaban J connectivity index is -0.0000000270. The van der Waals surface area contributed by atoms with E-state index in [1.165, 1.54) is 0 Å². The van der Waals surface area contributed by atoms with Gasteiger partial charge in [-0.2, -0.15) is 0 Å². The summed E-state index contributed by atoms with van der Waals surface area (Å²) in [7, 11) is 0. The maximum atomic E-state index is 8.61. The molecule has 0 aliphatic rings. The number of hydrogen-bond donors (Lipinski definition) is 0. The summed E-state index contributed by atoms with van der Waals surface area (Å²) in [5.74, 6) is 0. The first-order chi connectivity index (χ1) is 5.20. The summed E-state index contributed by atoms with van der Waals surface area (Å²) in [6, 6.07) is 0. The van der Waals surface area contributed by atoms with Crippen LogP contribution in [0.4, 0.5) is 0 Å². The van der Waals surface area contributed by atoms with E-state index >= 15 is 0 Å². The summed E-state index contributed by atoms with van der Waals surface area (Å²) >= 11 is -12.9. The molecule has 14 heteroatoms. The van der Waals surface area contributed by atoms with Crippen molar-refractivity contribution in [1.82, 2.24) is 0 Å². The normalized spacial score (nSPS) is 5.57. The molecule has 0 saturated heterocycles. The summed E-state index contributed by atoms with van der Waals surface area (Å²) in [5, 5.41) is 0. The molecule has 0 unspecified atom stereocenters. The van der Waals surface area contributed by atoms with Gasteiger partial charge in [-0.3, -0.25) is 0 Å². The zero-order valence-electron chi connectivity index (χ0n) is 6.33. The average molecular weight is 640 g/mol. The Kier molecular flexibility index (Phi) is 53.5. The molecule has 0 aliphatic heterocycles. The van der Waals surface area contributed by atoms with E-state index in [0.29, 0.717) is 0 Å². The van der Waals surface area contributed by atoms with E-state index in [4.69, 9.17) is 29.9 Å². The van der Waals surface area contributed by atoms with Crippen molar-refractivity contribution < 1.29 is 29.9 Å². The van der Waals surface area contributed by atoms with Gasteiger partial charge in [-0.05, 0) is 0 Å². The van der Waals surface area contributed by atoms with Gasteiger partial charge in [-0.1, -0.05) is 0 Å². The van der Waals surface area contributed by atoms with Crippen molar-refractivity contribution in [3.8, 4) is 0 Å². The molecule has 0 amide bonds. The molecule has 0 aromatic carbocycles. The van der Waals surface area contributed by atoms with Crippen molar-refractivity contribution in [3.05, 3.63) is 0 Å². The molecule has 0 bridgehead atoms. The van der Waals surface area contributed by atoms with Gasteiger partial charge in [-0.25, -0.2) is 0 Å². The molecule has 0 aliphatic carbocycles. The summed E-state index contributed by atoms with van der Waals surface area (Å²) in [5.41, 5.74) is 0. The van der Waals surface area contributed by atoms with Crippen LogP contribution >= 0.6 is 0 Å². The Hall–Kier alpha value is 2.83. The minimum atomic E-state index is -4.29. The fourth-order valence-corrected chi connectivity index (χ4v) is 0. The van der Waals surface area contributed by atoms with Crippen molar-refractivity contribution in [2.24, 2.45) is 0 Å². The fraction of sp³-hybridized carbons (Fsp3) is 0. The van der Waals surface area contributed by atoms with Gasteiger partial charge < -0.3 is 0 Å². The van der Waals surface area contributed by atoms with Crippen molar-refractivity contribution in [1.29, 1.82) is 0 Å². The molecule has 0 spiro atoms. The second-order valence-electron chi connectivity index (χ2n) is 0.750. The van der Waals surface area contributed by atoms with Crippen LogP contribution in [0.25, 0.3) is 0 Å². The van der Waals surface area contributed by atoms with E-state index in [-0.39, 0.29) is 39.6 Å². The molecule has 14 heavy (non-hydrogen) atoms. The molecule has 9 nitrogen and oxygen atoms in total. The Morgan fingerprint density at radius 3 is 0.500 bits per heavy atom. The van der Waals surface area contributed by atoms with Crippen molar-refractivity contribution in [3.63, 3.8) is 0 Å². The van der Waals surface area contributed by atoms with Gasteiger partial charge in [0.05, 0.1) is 0 Å². The predicted octanol–water partition coefficient (Wildman–Crippen LogP) is -9.39. The SMILES string of the molecule is [Ga+3].[Ga+3].[O]=[Sn]([O-])[O-].[O]=[Sn]([O-])[O-].[O]=[Sn]([O-])[O-]. The van der Waals surface area contributed by atoms with Crippen LogP contribution in [0, 0.1) is 0 Å². The zero-order valence-corrected chi connectivity index (χ0v) is 19.7. The minimum absolute atomic E-state index is 0. The third kappa shape index (κ3) is 354. The van der Waals surface area contributed by atoms with Gasteiger partial charge in [0.2, 0.25) is 0 Å². The van der Waals surface area contributed by atoms with Crippen molar-refractivity contribution in [2.75, 3.05) is 0 Å². The first-order valence-electron chi connectivity index (χ1n) is 1.84. The quantitative estimate of drug-likeness (QED) is 0.232. The van der Waals surface area contributed by atoms with Crippen LogP contribution in [0.5, 0.6) is 0 Å². The summed E-state index contributed by atoms with van der Waals surface area (Å²) in [6.45, 7) is 0. The second-order valence-corrected chi connectivity index (χ2v) is 5.03. The topological polar surface area (TPSA) is 190 Å². The van der Waals surface area contributed by atoms with Gasteiger partial charge in [0.15, 0.2) is 0 Å². The monoisotopic (exact) mass is 642 g/mol. The first kappa shape index (κ1) is 30.1. The Bertz CT molecular complexity index is 116. The third-order valence-electron chi connectivity index (χ3n) is 0. The van der Waals surface area contributed by atoms with Crippen LogP contribution in [-0.4, -0.2) is 101 Å². The van der Waals surface area contributed by atoms with Gasteiger partial charge in [0.25, 0.3) is 0 Å². The Morgan fingerprint density at radius 1 is 0.500 bits per heavy atom. The summed E-state index contributed by atoms with van der Waals surface area (Å²) in [6.07, 6.45) is 0. The van der Waals surface area contributed by atoms with Crippen molar-refractivity contribution >= 4 is 101 Å². The molecule has 0 aromatic heterocycles. The predicted molar refractivity (Wildman–Crippen MR) is 30.8 cm³/mol. The molecule has 0 rings (SSSR count). The maximum absolute atomic E-state index is 8.61. The number of rotatable bonds is 0. The molecule has 0 N–H and O–H groups in total. The second kappa shape index (κ2) is 24.9. The Morgan fingerprint density at radius 2 is 0.500 bits per heavy atom. The van der Waals surface area contributed by atoms with E-state index in [1.807, 2.05) is 0 Å². The molecular weight excluding hydrogens is 640 g/mol. The summed E-state index contributed by atoms with van der Waals surface area (Å²) < 4.78 is 77.5. The first-order valence-corrected chi connectivity index (χ1v) is 12.3. The molecule has 0 saturated carbocycles. The fourth-order valence-electron chi connectivity index (χ4n) is 0. The molecule has 0 radical (unpaired) electrons. The summed E-state index contributed by atoms with van der Waals surface area (Å²) in [4.78, 5) is 0. The van der Waals surface area contributed by atoms with Crippen LogP contribution in [0.2, 0.25) is 0 Å². The van der Waals surface area contributed by atoms with E-state index in [9.17, 15) is 0 Å².